The Morgan fingerprint density at radius 3 is 3.10 bits per heavy atom. The summed E-state index contributed by atoms with van der Waals surface area (Å²) < 4.78 is 7.15. The number of aryl methyl sites for hydroxylation is 1. The van der Waals surface area contributed by atoms with Crippen molar-refractivity contribution in [3.63, 3.8) is 0 Å². The van der Waals surface area contributed by atoms with E-state index in [-0.39, 0.29) is 11.6 Å². The highest BCUT2D eigenvalue weighted by molar-refractivity contribution is 9.10. The molecule has 2 aromatic rings. The maximum Gasteiger partial charge on any atom is 0.283 e. The second kappa shape index (κ2) is 7.26. The molecular weight excluding hydrogens is 334 g/mol. The Morgan fingerprint density at radius 1 is 1.62 bits per heavy atom. The van der Waals surface area contributed by atoms with Gasteiger partial charge in [0, 0.05) is 12.5 Å². The van der Waals surface area contributed by atoms with Crippen molar-refractivity contribution in [3.05, 3.63) is 57.8 Å². The number of hydrogen-bond donors (Lipinski definition) is 1. The quantitative estimate of drug-likeness (QED) is 0.778. The van der Waals surface area contributed by atoms with Gasteiger partial charge in [-0.05, 0) is 41.4 Å². The number of halogens is 1. The zero-order valence-corrected chi connectivity index (χ0v) is 13.5. The molecule has 0 spiro atoms. The number of nitrogens with one attached hydrogen (secondary N) is 1. The average molecular weight is 352 g/mol. The molecule has 112 valence electrons. The van der Waals surface area contributed by atoms with Crippen LogP contribution in [-0.4, -0.2) is 15.8 Å². The molecule has 6 heteroatoms. The normalized spacial score (nSPS) is 12.1. The maximum absolute atomic E-state index is 12.1. The number of aromatic nitrogens is 2. The number of hydrogen-bond acceptors (Lipinski definition) is 4. The topological polar surface area (TPSA) is 60.1 Å². The van der Waals surface area contributed by atoms with Gasteiger partial charge in [0.05, 0.1) is 24.7 Å². The Hall–Kier alpha value is -1.82. The lowest BCUT2D eigenvalue weighted by Crippen LogP contribution is -2.25. The molecule has 1 N–H and O–H groups in total. The van der Waals surface area contributed by atoms with Crippen molar-refractivity contribution in [2.24, 2.45) is 0 Å². The second-order valence-corrected chi connectivity index (χ2v) is 5.60. The van der Waals surface area contributed by atoms with Crippen molar-refractivity contribution in [2.75, 3.05) is 5.32 Å². The lowest BCUT2D eigenvalue weighted by atomic mass is 10.1. The molecule has 0 aliphatic rings. The first-order chi connectivity index (χ1) is 10.1. The number of furan rings is 1. The van der Waals surface area contributed by atoms with Crippen LogP contribution in [0.4, 0.5) is 5.69 Å². The van der Waals surface area contributed by atoms with Crippen LogP contribution in [0.5, 0.6) is 0 Å². The van der Waals surface area contributed by atoms with E-state index in [0.717, 1.165) is 18.6 Å². The third-order valence-electron chi connectivity index (χ3n) is 3.09. The summed E-state index contributed by atoms with van der Waals surface area (Å²) in [4.78, 5) is 12.1. The number of rotatable bonds is 7. The second-order valence-electron chi connectivity index (χ2n) is 4.81. The number of allylic oxidation sites excluding steroid dienone is 1. The molecule has 0 bridgehead atoms. The van der Waals surface area contributed by atoms with Gasteiger partial charge in [0.1, 0.15) is 10.2 Å². The molecule has 2 aromatic heterocycles. The molecular formula is C15H18BrN3O2. The number of nitrogens with zero attached hydrogens (tertiary/aromatic N) is 2. The monoisotopic (exact) mass is 351 g/mol. The maximum atomic E-state index is 12.1. The summed E-state index contributed by atoms with van der Waals surface area (Å²) in [7, 11) is 0. The summed E-state index contributed by atoms with van der Waals surface area (Å²) >= 11 is 3.33. The minimum Gasteiger partial charge on any atom is -0.469 e. The van der Waals surface area contributed by atoms with Gasteiger partial charge in [-0.1, -0.05) is 6.08 Å². The Kier molecular flexibility index (Phi) is 5.38. The van der Waals surface area contributed by atoms with Gasteiger partial charge in [-0.25, -0.2) is 4.68 Å². The smallest absolute Gasteiger partial charge is 0.283 e. The molecule has 2 rings (SSSR count). The van der Waals surface area contributed by atoms with E-state index in [1.54, 1.807) is 18.5 Å². The molecule has 0 fully saturated rings. The van der Waals surface area contributed by atoms with Gasteiger partial charge in [0.15, 0.2) is 0 Å². The third kappa shape index (κ3) is 4.07. The molecule has 1 atom stereocenters. The largest absolute Gasteiger partial charge is 0.469 e. The minimum absolute atomic E-state index is 0.168. The highest BCUT2D eigenvalue weighted by Crippen LogP contribution is 2.18. The first kappa shape index (κ1) is 15.6. The lowest BCUT2D eigenvalue weighted by molar-refractivity contribution is 0.495. The summed E-state index contributed by atoms with van der Waals surface area (Å²) in [5.41, 5.74) is 0.533. The molecule has 0 aliphatic heterocycles. The van der Waals surface area contributed by atoms with Gasteiger partial charge in [-0.2, -0.15) is 5.10 Å². The Bertz CT molecular complexity index is 649. The van der Waals surface area contributed by atoms with Crippen LogP contribution in [-0.2, 0) is 13.0 Å². The molecule has 0 saturated carbocycles. The summed E-state index contributed by atoms with van der Waals surface area (Å²) in [5.74, 6) is 0.960. The highest BCUT2D eigenvalue weighted by atomic mass is 79.9. The van der Waals surface area contributed by atoms with E-state index in [1.807, 2.05) is 12.1 Å². The van der Waals surface area contributed by atoms with Crippen molar-refractivity contribution in [2.45, 2.75) is 32.4 Å². The average Bonchev–Trinajstić information content (AvgIpc) is 2.98. The van der Waals surface area contributed by atoms with E-state index in [1.165, 1.54) is 4.68 Å². The van der Waals surface area contributed by atoms with E-state index in [4.69, 9.17) is 4.42 Å². The van der Waals surface area contributed by atoms with Crippen molar-refractivity contribution in [3.8, 4) is 0 Å². The zero-order valence-electron chi connectivity index (χ0n) is 11.9. The van der Waals surface area contributed by atoms with Crippen molar-refractivity contribution < 1.29 is 4.42 Å². The summed E-state index contributed by atoms with van der Waals surface area (Å²) in [6.45, 7) is 6.06. The molecule has 0 radical (unpaired) electrons. The van der Waals surface area contributed by atoms with Crippen LogP contribution in [0.2, 0.25) is 0 Å². The van der Waals surface area contributed by atoms with Gasteiger partial charge in [0.2, 0.25) is 0 Å². The summed E-state index contributed by atoms with van der Waals surface area (Å²) in [5, 5.41) is 7.41. The van der Waals surface area contributed by atoms with Gasteiger partial charge in [0.25, 0.3) is 5.56 Å². The van der Waals surface area contributed by atoms with Crippen LogP contribution in [0.25, 0.3) is 0 Å². The first-order valence-electron chi connectivity index (χ1n) is 6.77. The van der Waals surface area contributed by atoms with Crippen LogP contribution in [0, 0.1) is 0 Å². The predicted molar refractivity (Wildman–Crippen MR) is 86.5 cm³/mol. The zero-order chi connectivity index (χ0) is 15.2. The van der Waals surface area contributed by atoms with Gasteiger partial charge < -0.3 is 9.73 Å². The lowest BCUT2D eigenvalue weighted by Gasteiger charge is -2.16. The fraction of sp³-hybridized carbons (Fsp3) is 0.333. The van der Waals surface area contributed by atoms with E-state index in [0.29, 0.717) is 16.7 Å². The molecule has 2 heterocycles. The third-order valence-corrected chi connectivity index (χ3v) is 3.86. The standard InChI is InChI=1S/C15H18BrN3O2/c1-3-8-19-15(20)14(16)13(10-17-19)18-11(2)6-7-12-5-4-9-21-12/h3-5,9-11,18H,1,6-8H2,2H3. The Morgan fingerprint density at radius 2 is 2.43 bits per heavy atom. The summed E-state index contributed by atoms with van der Waals surface area (Å²) in [6, 6.07) is 4.04. The number of anilines is 1. The molecule has 21 heavy (non-hydrogen) atoms. The Labute approximate surface area is 131 Å². The van der Waals surface area contributed by atoms with Gasteiger partial charge in [-0.15, -0.1) is 6.58 Å². The highest BCUT2D eigenvalue weighted by Gasteiger charge is 2.11. The fourth-order valence-electron chi connectivity index (χ4n) is 1.97. The predicted octanol–water partition coefficient (Wildman–Crippen LogP) is 3.22. The minimum atomic E-state index is -0.168. The van der Waals surface area contributed by atoms with Gasteiger partial charge in [-0.3, -0.25) is 4.79 Å². The molecule has 0 saturated heterocycles. The van der Waals surface area contributed by atoms with Crippen molar-refractivity contribution in [1.82, 2.24) is 9.78 Å². The van der Waals surface area contributed by atoms with Crippen LogP contribution in [0.3, 0.4) is 0 Å². The van der Waals surface area contributed by atoms with Crippen LogP contribution >= 0.6 is 15.9 Å². The summed E-state index contributed by atoms with van der Waals surface area (Å²) in [6.07, 6.45) is 6.71. The molecule has 0 aromatic carbocycles. The Balaban J connectivity index is 2.00. The van der Waals surface area contributed by atoms with E-state index in [9.17, 15) is 4.79 Å². The first-order valence-corrected chi connectivity index (χ1v) is 7.56. The van der Waals surface area contributed by atoms with Crippen LogP contribution in [0.1, 0.15) is 19.1 Å². The van der Waals surface area contributed by atoms with E-state index in [2.05, 4.69) is 39.8 Å². The molecule has 0 amide bonds. The van der Waals surface area contributed by atoms with E-state index >= 15 is 0 Å². The van der Waals surface area contributed by atoms with E-state index < -0.39 is 0 Å². The van der Waals surface area contributed by atoms with Crippen molar-refractivity contribution in [1.29, 1.82) is 0 Å². The molecule has 1 unspecified atom stereocenters. The molecule has 0 aliphatic carbocycles. The van der Waals surface area contributed by atoms with Crippen molar-refractivity contribution >= 4 is 21.6 Å². The molecule has 5 nitrogen and oxygen atoms in total. The van der Waals surface area contributed by atoms with Crippen LogP contribution < -0.4 is 10.9 Å². The fourth-order valence-corrected chi connectivity index (χ4v) is 2.39. The van der Waals surface area contributed by atoms with Crippen LogP contribution in [0.15, 0.2) is 50.9 Å². The SMILES string of the molecule is C=CCn1ncc(NC(C)CCc2ccco2)c(Br)c1=O. The van der Waals surface area contributed by atoms with Gasteiger partial charge >= 0.3 is 0 Å².